The van der Waals surface area contributed by atoms with Crippen molar-refractivity contribution in [2.45, 2.75) is 6.92 Å². The van der Waals surface area contributed by atoms with Crippen LogP contribution in [0.1, 0.15) is 16.1 Å². The van der Waals surface area contributed by atoms with Gasteiger partial charge in [-0.1, -0.05) is 0 Å². The molecule has 0 aliphatic rings. The summed E-state index contributed by atoms with van der Waals surface area (Å²) < 4.78 is 7.05. The average molecular weight is 247 g/mol. The summed E-state index contributed by atoms with van der Waals surface area (Å²) in [4.78, 5) is 15.2. The summed E-state index contributed by atoms with van der Waals surface area (Å²) in [6.07, 6.45) is 1.39. The molecule has 2 aromatic rings. The van der Waals surface area contributed by atoms with Gasteiger partial charge in [-0.05, 0) is 13.0 Å². The number of carbonyl (C=O) groups is 1. The number of aryl methyl sites for hydroxylation is 2. The minimum atomic E-state index is -0.649. The summed E-state index contributed by atoms with van der Waals surface area (Å²) in [6.45, 7) is 1.83. The SMILES string of the molecule is Cc1cc(Oc2ncc(N)cc2C(N)=O)n(C)n1. The Morgan fingerprint density at radius 1 is 1.44 bits per heavy atom. The first-order valence-electron chi connectivity index (χ1n) is 5.21. The molecule has 0 spiro atoms. The van der Waals surface area contributed by atoms with Crippen LogP contribution in [-0.2, 0) is 7.05 Å². The first-order valence-corrected chi connectivity index (χ1v) is 5.21. The molecule has 0 radical (unpaired) electrons. The second-order valence-corrected chi connectivity index (χ2v) is 3.84. The number of anilines is 1. The molecule has 0 saturated carbocycles. The third kappa shape index (κ3) is 2.24. The molecule has 0 aliphatic heterocycles. The van der Waals surface area contributed by atoms with Gasteiger partial charge in [0.15, 0.2) is 0 Å². The van der Waals surface area contributed by atoms with Crippen molar-refractivity contribution in [3.8, 4) is 11.8 Å². The van der Waals surface area contributed by atoms with Crippen LogP contribution in [0, 0.1) is 6.92 Å². The third-order valence-corrected chi connectivity index (χ3v) is 2.30. The van der Waals surface area contributed by atoms with Gasteiger partial charge in [-0.25, -0.2) is 9.67 Å². The zero-order valence-electron chi connectivity index (χ0n) is 10.0. The first-order chi connectivity index (χ1) is 8.47. The van der Waals surface area contributed by atoms with Crippen LogP contribution < -0.4 is 16.2 Å². The Kier molecular flexibility index (Phi) is 2.88. The molecule has 0 bridgehead atoms. The lowest BCUT2D eigenvalue weighted by Crippen LogP contribution is -2.14. The highest BCUT2D eigenvalue weighted by Gasteiger charge is 2.14. The smallest absolute Gasteiger partial charge is 0.254 e. The topological polar surface area (TPSA) is 109 Å². The number of nitrogens with two attached hydrogens (primary N) is 2. The van der Waals surface area contributed by atoms with Crippen molar-refractivity contribution in [3.05, 3.63) is 29.6 Å². The number of aromatic nitrogens is 3. The largest absolute Gasteiger partial charge is 0.420 e. The number of amides is 1. The van der Waals surface area contributed by atoms with Crippen LogP contribution in [0.5, 0.6) is 11.8 Å². The number of hydrogen-bond donors (Lipinski definition) is 2. The Morgan fingerprint density at radius 2 is 2.17 bits per heavy atom. The van der Waals surface area contributed by atoms with Gasteiger partial charge < -0.3 is 16.2 Å². The highest BCUT2D eigenvalue weighted by Crippen LogP contribution is 2.24. The number of primary amides is 1. The minimum Gasteiger partial charge on any atom is -0.420 e. The maximum Gasteiger partial charge on any atom is 0.254 e. The summed E-state index contributed by atoms with van der Waals surface area (Å²) in [5, 5.41) is 4.12. The lowest BCUT2D eigenvalue weighted by Gasteiger charge is -2.08. The highest BCUT2D eigenvalue weighted by atomic mass is 16.5. The van der Waals surface area contributed by atoms with E-state index in [1.54, 1.807) is 13.1 Å². The zero-order valence-corrected chi connectivity index (χ0v) is 10.0. The Morgan fingerprint density at radius 3 is 2.72 bits per heavy atom. The summed E-state index contributed by atoms with van der Waals surface area (Å²) in [6, 6.07) is 3.15. The van der Waals surface area contributed by atoms with Crippen molar-refractivity contribution in [2.24, 2.45) is 12.8 Å². The quantitative estimate of drug-likeness (QED) is 0.825. The number of nitrogens with zero attached hydrogens (tertiary/aromatic N) is 3. The average Bonchev–Trinajstić information content (AvgIpc) is 2.60. The van der Waals surface area contributed by atoms with Crippen molar-refractivity contribution >= 4 is 11.6 Å². The van der Waals surface area contributed by atoms with Gasteiger partial charge in [0.05, 0.1) is 17.6 Å². The Labute approximate surface area is 103 Å². The molecule has 94 valence electrons. The van der Waals surface area contributed by atoms with E-state index >= 15 is 0 Å². The van der Waals surface area contributed by atoms with E-state index in [4.69, 9.17) is 16.2 Å². The second-order valence-electron chi connectivity index (χ2n) is 3.84. The van der Waals surface area contributed by atoms with Crippen LogP contribution in [0.15, 0.2) is 18.3 Å². The van der Waals surface area contributed by atoms with E-state index in [2.05, 4.69) is 10.1 Å². The lowest BCUT2D eigenvalue weighted by atomic mass is 10.2. The summed E-state index contributed by atoms with van der Waals surface area (Å²) >= 11 is 0. The predicted octanol–water partition coefficient (Wildman–Crippen LogP) is 0.597. The fourth-order valence-corrected chi connectivity index (χ4v) is 1.51. The summed E-state index contributed by atoms with van der Waals surface area (Å²) in [7, 11) is 1.73. The fourth-order valence-electron chi connectivity index (χ4n) is 1.51. The van der Waals surface area contributed by atoms with Crippen molar-refractivity contribution < 1.29 is 9.53 Å². The van der Waals surface area contributed by atoms with E-state index in [1.807, 2.05) is 6.92 Å². The molecule has 18 heavy (non-hydrogen) atoms. The molecule has 0 saturated heterocycles. The minimum absolute atomic E-state index is 0.111. The molecule has 0 atom stereocenters. The molecule has 4 N–H and O–H groups in total. The number of nitrogen functional groups attached to an aromatic ring is 1. The number of hydrogen-bond acceptors (Lipinski definition) is 5. The van der Waals surface area contributed by atoms with Gasteiger partial charge in [-0.2, -0.15) is 5.10 Å². The molecule has 1 amide bonds. The van der Waals surface area contributed by atoms with Gasteiger partial charge >= 0.3 is 0 Å². The van der Waals surface area contributed by atoms with E-state index in [0.29, 0.717) is 11.6 Å². The van der Waals surface area contributed by atoms with Crippen LogP contribution >= 0.6 is 0 Å². The first kappa shape index (κ1) is 11.9. The van der Waals surface area contributed by atoms with E-state index < -0.39 is 5.91 Å². The van der Waals surface area contributed by atoms with E-state index in [0.717, 1.165) is 5.69 Å². The number of pyridine rings is 1. The van der Waals surface area contributed by atoms with Crippen molar-refractivity contribution in [1.82, 2.24) is 14.8 Å². The van der Waals surface area contributed by atoms with Crippen molar-refractivity contribution in [2.75, 3.05) is 5.73 Å². The van der Waals surface area contributed by atoms with Gasteiger partial charge in [-0.15, -0.1) is 0 Å². The molecule has 2 heterocycles. The second kappa shape index (κ2) is 4.36. The van der Waals surface area contributed by atoms with Crippen LogP contribution in [0.3, 0.4) is 0 Å². The van der Waals surface area contributed by atoms with Crippen LogP contribution in [-0.4, -0.2) is 20.7 Å². The van der Waals surface area contributed by atoms with Crippen molar-refractivity contribution in [3.63, 3.8) is 0 Å². The molecule has 0 aromatic carbocycles. The summed E-state index contributed by atoms with van der Waals surface area (Å²) in [5.41, 5.74) is 12.1. The Balaban J connectivity index is 2.40. The Hall–Kier alpha value is -2.57. The number of carbonyl (C=O) groups excluding carboxylic acids is 1. The number of ether oxygens (including phenoxy) is 1. The molecule has 0 unspecified atom stereocenters. The molecular weight excluding hydrogens is 234 g/mol. The standard InChI is InChI=1S/C11H13N5O2/c1-6-3-9(16(2)15-6)18-11-8(10(13)17)4-7(12)5-14-11/h3-5H,12H2,1-2H3,(H2,13,17). The van der Waals surface area contributed by atoms with E-state index in [-0.39, 0.29) is 11.4 Å². The van der Waals surface area contributed by atoms with E-state index in [9.17, 15) is 4.79 Å². The van der Waals surface area contributed by atoms with Gasteiger partial charge in [0.2, 0.25) is 11.8 Å². The maximum atomic E-state index is 11.3. The molecule has 0 fully saturated rings. The van der Waals surface area contributed by atoms with Gasteiger partial charge in [0, 0.05) is 13.1 Å². The molecule has 2 rings (SSSR count). The monoisotopic (exact) mass is 247 g/mol. The molecule has 7 nitrogen and oxygen atoms in total. The van der Waals surface area contributed by atoms with Crippen LogP contribution in [0.4, 0.5) is 5.69 Å². The Bertz CT molecular complexity index is 605. The zero-order chi connectivity index (χ0) is 13.3. The van der Waals surface area contributed by atoms with E-state index in [1.165, 1.54) is 16.9 Å². The van der Waals surface area contributed by atoms with Gasteiger partial charge in [0.1, 0.15) is 5.56 Å². The predicted molar refractivity (Wildman–Crippen MR) is 65.2 cm³/mol. The third-order valence-electron chi connectivity index (χ3n) is 2.30. The van der Waals surface area contributed by atoms with Crippen molar-refractivity contribution in [1.29, 1.82) is 0 Å². The molecule has 2 aromatic heterocycles. The normalized spacial score (nSPS) is 10.3. The van der Waals surface area contributed by atoms with Gasteiger partial charge in [0.25, 0.3) is 5.91 Å². The lowest BCUT2D eigenvalue weighted by molar-refractivity contribution is 0.0997. The highest BCUT2D eigenvalue weighted by molar-refractivity contribution is 5.95. The fraction of sp³-hybridized carbons (Fsp3) is 0.182. The number of rotatable bonds is 3. The molecule has 0 aliphatic carbocycles. The van der Waals surface area contributed by atoms with Gasteiger partial charge in [-0.3, -0.25) is 4.79 Å². The summed E-state index contributed by atoms with van der Waals surface area (Å²) in [5.74, 6) is -0.0735. The maximum absolute atomic E-state index is 11.3. The molecule has 7 heteroatoms. The van der Waals surface area contributed by atoms with Crippen LogP contribution in [0.2, 0.25) is 0 Å². The molecular formula is C11H13N5O2. The van der Waals surface area contributed by atoms with Crippen LogP contribution in [0.25, 0.3) is 0 Å².